The van der Waals surface area contributed by atoms with E-state index in [1.54, 1.807) is 16.8 Å². The van der Waals surface area contributed by atoms with E-state index >= 15 is 0 Å². The first-order valence-corrected chi connectivity index (χ1v) is 11.9. The Hall–Kier alpha value is -3.41. The molecule has 33 heavy (non-hydrogen) atoms. The number of imidazole rings is 1. The summed E-state index contributed by atoms with van der Waals surface area (Å²) in [4.78, 5) is 46.0. The number of rotatable bonds is 4. The smallest absolute Gasteiger partial charge is 0.326 e. The molecule has 1 saturated carbocycles. The van der Waals surface area contributed by atoms with Crippen molar-refractivity contribution in [3.63, 3.8) is 0 Å². The van der Waals surface area contributed by atoms with Gasteiger partial charge >= 0.3 is 5.69 Å². The van der Waals surface area contributed by atoms with Crippen LogP contribution in [0.2, 0.25) is 0 Å². The van der Waals surface area contributed by atoms with Crippen LogP contribution in [0.3, 0.4) is 0 Å². The number of hydrogen-bond donors (Lipinski definition) is 3. The summed E-state index contributed by atoms with van der Waals surface area (Å²) < 4.78 is 1.58. The second-order valence-corrected chi connectivity index (χ2v) is 9.72. The van der Waals surface area contributed by atoms with Crippen LogP contribution in [-0.2, 0) is 4.79 Å². The molecule has 0 bridgehead atoms. The summed E-state index contributed by atoms with van der Waals surface area (Å²) in [6.45, 7) is 1.63. The van der Waals surface area contributed by atoms with Crippen molar-refractivity contribution >= 4 is 29.4 Å². The highest BCUT2D eigenvalue weighted by Crippen LogP contribution is 2.43. The first-order valence-electron chi connectivity index (χ1n) is 11.0. The zero-order chi connectivity index (χ0) is 22.5. The lowest BCUT2D eigenvalue weighted by Gasteiger charge is -2.16. The summed E-state index contributed by atoms with van der Waals surface area (Å²) in [6, 6.07) is 0.235. The molecule has 1 aliphatic carbocycles. The number of amides is 1. The summed E-state index contributed by atoms with van der Waals surface area (Å²) in [7, 11) is 0. The molecule has 3 aromatic rings. The lowest BCUT2D eigenvalue weighted by Crippen LogP contribution is -2.28. The second kappa shape index (κ2) is 7.87. The van der Waals surface area contributed by atoms with E-state index in [1.165, 1.54) is 11.8 Å². The Morgan fingerprint density at radius 1 is 1.24 bits per heavy atom. The zero-order valence-electron chi connectivity index (χ0n) is 17.7. The number of aromatic hydroxyl groups is 1. The Morgan fingerprint density at radius 3 is 2.79 bits per heavy atom. The van der Waals surface area contributed by atoms with Crippen LogP contribution in [0, 0.1) is 0 Å². The number of carbonyl (C=O) groups excluding carboxylic acids is 1. The minimum atomic E-state index is -0.501. The molecule has 5 heterocycles. The van der Waals surface area contributed by atoms with Crippen molar-refractivity contribution in [3.05, 3.63) is 50.0 Å². The summed E-state index contributed by atoms with van der Waals surface area (Å²) in [5.74, 6) is 0.431. The molecule has 0 aromatic carbocycles. The topological polar surface area (TPSA) is 145 Å². The molecule has 12 heteroatoms. The first-order chi connectivity index (χ1) is 16.0. The van der Waals surface area contributed by atoms with Gasteiger partial charge in [0, 0.05) is 18.3 Å². The van der Waals surface area contributed by atoms with Crippen molar-refractivity contribution in [2.75, 3.05) is 13.1 Å². The fraction of sp³-hybridized carbons (Fsp3) is 0.429. The third-order valence-electron chi connectivity index (χ3n) is 5.95. The van der Waals surface area contributed by atoms with E-state index < -0.39 is 5.69 Å². The predicted octanol–water partition coefficient (Wildman–Crippen LogP) is 0.141. The van der Waals surface area contributed by atoms with Gasteiger partial charge in [0.05, 0.1) is 22.4 Å². The van der Waals surface area contributed by atoms with Gasteiger partial charge in [-0.2, -0.15) is 14.6 Å². The van der Waals surface area contributed by atoms with Crippen LogP contribution in [0.15, 0.2) is 27.0 Å². The summed E-state index contributed by atoms with van der Waals surface area (Å²) in [6.07, 6.45) is 10.0. The molecule has 1 atom stereocenters. The van der Waals surface area contributed by atoms with E-state index in [-0.39, 0.29) is 28.8 Å². The average molecular weight is 467 g/mol. The number of carbonyl (C=O) groups is 1. The van der Waals surface area contributed by atoms with Gasteiger partial charge in [-0.3, -0.25) is 9.78 Å². The molecule has 11 nitrogen and oxygen atoms in total. The van der Waals surface area contributed by atoms with Crippen LogP contribution in [0.4, 0.5) is 0 Å². The summed E-state index contributed by atoms with van der Waals surface area (Å²) in [5.41, 5.74) is 0.745. The lowest BCUT2D eigenvalue weighted by atomic mass is 10.2. The van der Waals surface area contributed by atoms with Gasteiger partial charge in [-0.25, -0.2) is 14.8 Å². The Balaban J connectivity index is 1.39. The van der Waals surface area contributed by atoms with Crippen molar-refractivity contribution in [2.24, 2.45) is 4.99 Å². The number of aromatic nitrogens is 6. The molecule has 3 aliphatic rings. The van der Waals surface area contributed by atoms with Gasteiger partial charge in [-0.1, -0.05) is 6.08 Å². The van der Waals surface area contributed by atoms with Gasteiger partial charge < -0.3 is 15.0 Å². The van der Waals surface area contributed by atoms with Gasteiger partial charge in [0.25, 0.3) is 5.91 Å². The Labute approximate surface area is 191 Å². The number of H-pyrrole nitrogens is 2. The molecule has 1 amide bonds. The van der Waals surface area contributed by atoms with E-state index in [0.29, 0.717) is 28.7 Å². The Kier molecular flexibility index (Phi) is 4.82. The first kappa shape index (κ1) is 20.2. The minimum Gasteiger partial charge on any atom is -0.493 e. The Bertz CT molecular complexity index is 1460. The van der Waals surface area contributed by atoms with Crippen LogP contribution in [0.25, 0.3) is 11.7 Å². The van der Waals surface area contributed by atoms with E-state index in [1.807, 2.05) is 11.0 Å². The van der Waals surface area contributed by atoms with Crippen molar-refractivity contribution in [1.29, 1.82) is 0 Å². The van der Waals surface area contributed by atoms with E-state index in [2.05, 4.69) is 15.1 Å². The highest BCUT2D eigenvalue weighted by atomic mass is 32.2. The molecule has 170 valence electrons. The normalized spacial score (nSPS) is 22.0. The Morgan fingerprint density at radius 2 is 2.06 bits per heavy atom. The summed E-state index contributed by atoms with van der Waals surface area (Å²) in [5, 5.41) is 14.9. The number of fused-ring (bicyclic) bond motifs is 1. The molecule has 6 rings (SSSR count). The predicted molar refractivity (Wildman–Crippen MR) is 120 cm³/mol. The van der Waals surface area contributed by atoms with E-state index in [0.717, 1.165) is 43.7 Å². The number of likely N-dealkylation sites (tertiary alicyclic amines) is 1. The maximum absolute atomic E-state index is 12.8. The number of nitrogens with zero attached hydrogens (tertiary/aromatic N) is 6. The number of hydrogen-bond acceptors (Lipinski definition) is 8. The largest absolute Gasteiger partial charge is 0.493 e. The maximum atomic E-state index is 12.8. The molecule has 2 aliphatic heterocycles. The fourth-order valence-corrected chi connectivity index (χ4v) is 5.21. The highest BCUT2D eigenvalue weighted by molar-refractivity contribution is 8.04. The maximum Gasteiger partial charge on any atom is 0.326 e. The fourth-order valence-electron chi connectivity index (χ4n) is 4.08. The average Bonchev–Trinajstić information content (AvgIpc) is 3.25. The van der Waals surface area contributed by atoms with E-state index in [9.17, 15) is 14.7 Å². The standard InChI is InChI=1S/C21H22N8O3S/c30-18-13(24-21(32)27-18)9-11-10-22-29-17(11)25-16(26-20(29)23-12-3-4-12)14-5-6-15(33-14)19(31)28-7-1-2-8-28/h6,9-10,12,14,30H,1-5,7-8H2,(H2,24,27,32). The van der Waals surface area contributed by atoms with Crippen molar-refractivity contribution in [1.82, 2.24) is 34.4 Å². The van der Waals surface area contributed by atoms with Gasteiger partial charge in [0.15, 0.2) is 5.65 Å². The molecular formula is C21H22N8O3S. The monoisotopic (exact) mass is 466 g/mol. The SMILES string of the molecule is O=C(C1=CCC(c2nc(=NC3CC3)n3ncc(=Cc4[nH]c(=O)[nH]c4O)c3n2)S1)N1CCCC1. The van der Waals surface area contributed by atoms with Gasteiger partial charge in [0.2, 0.25) is 11.5 Å². The molecule has 2 fully saturated rings. The van der Waals surface area contributed by atoms with Crippen molar-refractivity contribution < 1.29 is 9.90 Å². The van der Waals surface area contributed by atoms with Crippen LogP contribution < -0.4 is 16.5 Å². The number of allylic oxidation sites excluding steroid dienone is 1. The molecule has 1 saturated heterocycles. The quantitative estimate of drug-likeness (QED) is 0.496. The van der Waals surface area contributed by atoms with Gasteiger partial charge in [-0.15, -0.1) is 11.8 Å². The number of aromatic amines is 2. The summed E-state index contributed by atoms with van der Waals surface area (Å²) >= 11 is 1.50. The van der Waals surface area contributed by atoms with E-state index in [4.69, 9.17) is 15.0 Å². The van der Waals surface area contributed by atoms with Crippen LogP contribution in [0.5, 0.6) is 5.88 Å². The second-order valence-electron chi connectivity index (χ2n) is 8.47. The minimum absolute atomic E-state index is 0.0899. The third-order valence-corrected chi connectivity index (χ3v) is 7.24. The number of nitrogens with one attached hydrogen (secondary N) is 2. The van der Waals surface area contributed by atoms with Crippen LogP contribution in [0.1, 0.15) is 48.9 Å². The number of thioether (sulfide) groups is 1. The van der Waals surface area contributed by atoms with Crippen molar-refractivity contribution in [3.8, 4) is 5.88 Å². The molecule has 1 unspecified atom stereocenters. The third kappa shape index (κ3) is 3.84. The molecule has 3 aromatic heterocycles. The lowest BCUT2D eigenvalue weighted by molar-refractivity contribution is -0.125. The van der Waals surface area contributed by atoms with Gasteiger partial charge in [-0.05, 0) is 38.2 Å². The van der Waals surface area contributed by atoms with Crippen molar-refractivity contribution in [2.45, 2.75) is 43.4 Å². The molecular weight excluding hydrogens is 444 g/mol. The highest BCUT2D eigenvalue weighted by Gasteiger charge is 2.30. The molecule has 3 N–H and O–H groups in total. The van der Waals surface area contributed by atoms with Gasteiger partial charge in [0.1, 0.15) is 11.5 Å². The molecule has 0 radical (unpaired) electrons. The van der Waals surface area contributed by atoms with Crippen LogP contribution in [-0.4, -0.2) is 64.6 Å². The zero-order valence-corrected chi connectivity index (χ0v) is 18.5. The van der Waals surface area contributed by atoms with Crippen LogP contribution >= 0.6 is 11.8 Å². The molecule has 0 spiro atoms.